The van der Waals surface area contributed by atoms with Crippen molar-refractivity contribution in [2.45, 2.75) is 43.7 Å². The third kappa shape index (κ3) is 4.24. The predicted molar refractivity (Wildman–Crippen MR) is 96.2 cm³/mol. The van der Waals surface area contributed by atoms with E-state index in [4.69, 9.17) is 0 Å². The second-order valence-electron chi connectivity index (χ2n) is 5.99. The van der Waals surface area contributed by atoms with E-state index in [1.807, 2.05) is 11.4 Å². The van der Waals surface area contributed by atoms with Crippen molar-refractivity contribution in [2.24, 2.45) is 5.92 Å². The number of aromatic nitrogens is 2. The zero-order valence-corrected chi connectivity index (χ0v) is 15.1. The number of imide groups is 1. The van der Waals surface area contributed by atoms with E-state index in [1.165, 1.54) is 24.5 Å². The van der Waals surface area contributed by atoms with E-state index < -0.39 is 6.03 Å². The summed E-state index contributed by atoms with van der Waals surface area (Å²) < 4.78 is 0.968. The number of carbonyl (C=O) groups excluding carboxylic acids is 2. The summed E-state index contributed by atoms with van der Waals surface area (Å²) in [6, 6.07) is 1.68. The number of hydrogen-bond acceptors (Lipinski definition) is 6. The minimum absolute atomic E-state index is 0.150. The number of fused-ring (bicyclic) bond motifs is 1. The number of carbonyl (C=O) groups is 2. The lowest BCUT2D eigenvalue weighted by Crippen LogP contribution is -2.48. The lowest BCUT2D eigenvalue weighted by molar-refractivity contribution is -0.117. The minimum atomic E-state index is -0.400. The van der Waals surface area contributed by atoms with E-state index in [1.54, 1.807) is 11.3 Å². The largest absolute Gasteiger partial charge is 0.335 e. The van der Waals surface area contributed by atoms with Crippen molar-refractivity contribution in [3.05, 3.63) is 17.8 Å². The molecular formula is C16H20N4O2S2. The number of rotatable bonds is 4. The molecule has 2 aromatic rings. The maximum absolute atomic E-state index is 12.0. The van der Waals surface area contributed by atoms with E-state index >= 15 is 0 Å². The fraction of sp³-hybridized carbons (Fsp3) is 0.500. The Morgan fingerprint density at radius 2 is 2.17 bits per heavy atom. The van der Waals surface area contributed by atoms with E-state index in [0.717, 1.165) is 34.5 Å². The third-order valence-electron chi connectivity index (χ3n) is 4.23. The van der Waals surface area contributed by atoms with E-state index in [-0.39, 0.29) is 17.7 Å². The Balaban J connectivity index is 1.48. The van der Waals surface area contributed by atoms with Gasteiger partial charge in [-0.3, -0.25) is 10.1 Å². The summed E-state index contributed by atoms with van der Waals surface area (Å²) in [5.74, 6) is 0.295. The molecule has 0 aromatic carbocycles. The molecule has 24 heavy (non-hydrogen) atoms. The fourth-order valence-electron chi connectivity index (χ4n) is 2.90. The molecule has 2 N–H and O–H groups in total. The summed E-state index contributed by atoms with van der Waals surface area (Å²) >= 11 is 2.86. The first-order valence-electron chi connectivity index (χ1n) is 8.05. The van der Waals surface area contributed by atoms with Crippen molar-refractivity contribution in [1.82, 2.24) is 20.6 Å². The maximum atomic E-state index is 12.0. The van der Waals surface area contributed by atoms with Crippen LogP contribution in [0.25, 0.3) is 10.2 Å². The molecule has 2 aromatic heterocycles. The van der Waals surface area contributed by atoms with Crippen molar-refractivity contribution in [2.75, 3.05) is 5.75 Å². The third-order valence-corrected chi connectivity index (χ3v) is 6.26. The Labute approximate surface area is 148 Å². The Hall–Kier alpha value is -1.67. The van der Waals surface area contributed by atoms with Gasteiger partial charge >= 0.3 is 6.03 Å². The van der Waals surface area contributed by atoms with Gasteiger partial charge in [0.2, 0.25) is 5.91 Å². The van der Waals surface area contributed by atoms with Crippen LogP contribution in [0.1, 0.15) is 32.6 Å². The molecular weight excluding hydrogens is 344 g/mol. The number of amides is 3. The molecule has 1 aliphatic carbocycles. The quantitative estimate of drug-likeness (QED) is 0.643. The fourth-order valence-corrected chi connectivity index (χ4v) is 4.65. The van der Waals surface area contributed by atoms with Gasteiger partial charge in [0.1, 0.15) is 11.4 Å². The van der Waals surface area contributed by atoms with Gasteiger partial charge in [0, 0.05) is 6.04 Å². The molecule has 1 saturated carbocycles. The van der Waals surface area contributed by atoms with E-state index in [9.17, 15) is 9.59 Å². The van der Waals surface area contributed by atoms with Crippen molar-refractivity contribution >= 4 is 45.3 Å². The van der Waals surface area contributed by atoms with Crippen LogP contribution in [0.2, 0.25) is 0 Å². The summed E-state index contributed by atoms with van der Waals surface area (Å²) in [7, 11) is 0. The summed E-state index contributed by atoms with van der Waals surface area (Å²) in [4.78, 5) is 32.4. The van der Waals surface area contributed by atoms with Gasteiger partial charge in [-0.25, -0.2) is 14.8 Å². The number of nitrogens with one attached hydrogen (secondary N) is 2. The van der Waals surface area contributed by atoms with Crippen LogP contribution in [0.3, 0.4) is 0 Å². The molecule has 2 unspecified atom stereocenters. The average molecular weight is 364 g/mol. The van der Waals surface area contributed by atoms with Gasteiger partial charge in [-0.2, -0.15) is 0 Å². The normalized spacial score (nSPS) is 20.7. The Morgan fingerprint density at radius 1 is 1.33 bits per heavy atom. The first-order valence-corrected chi connectivity index (χ1v) is 9.91. The molecule has 0 bridgehead atoms. The average Bonchev–Trinajstić information content (AvgIpc) is 3.04. The zero-order chi connectivity index (χ0) is 16.9. The summed E-state index contributed by atoms with van der Waals surface area (Å²) in [6.45, 7) is 2.14. The van der Waals surface area contributed by atoms with Crippen LogP contribution in [-0.2, 0) is 4.79 Å². The maximum Gasteiger partial charge on any atom is 0.321 e. The van der Waals surface area contributed by atoms with Gasteiger partial charge in [-0.05, 0) is 30.2 Å². The molecule has 0 aliphatic heterocycles. The minimum Gasteiger partial charge on any atom is -0.335 e. The Morgan fingerprint density at radius 3 is 3.00 bits per heavy atom. The SMILES string of the molecule is CC1CCCCC1NC(=O)NC(=O)CSc1ncnc2ccsc12. The van der Waals surface area contributed by atoms with Gasteiger partial charge in [0.05, 0.1) is 16.0 Å². The molecule has 0 radical (unpaired) electrons. The van der Waals surface area contributed by atoms with Gasteiger partial charge in [-0.1, -0.05) is 31.5 Å². The van der Waals surface area contributed by atoms with Crippen molar-refractivity contribution < 1.29 is 9.59 Å². The Bertz CT molecular complexity index is 734. The van der Waals surface area contributed by atoms with Crippen molar-refractivity contribution in [1.29, 1.82) is 0 Å². The molecule has 1 aliphatic rings. The van der Waals surface area contributed by atoms with Gasteiger partial charge < -0.3 is 5.32 Å². The highest BCUT2D eigenvalue weighted by Crippen LogP contribution is 2.28. The van der Waals surface area contributed by atoms with E-state index in [2.05, 4.69) is 27.5 Å². The van der Waals surface area contributed by atoms with Crippen LogP contribution in [0.4, 0.5) is 4.79 Å². The molecule has 3 rings (SSSR count). The van der Waals surface area contributed by atoms with Gasteiger partial charge in [-0.15, -0.1) is 11.3 Å². The van der Waals surface area contributed by atoms with Crippen LogP contribution in [-0.4, -0.2) is 33.7 Å². The van der Waals surface area contributed by atoms with Crippen molar-refractivity contribution in [3.8, 4) is 0 Å². The number of hydrogen-bond donors (Lipinski definition) is 2. The van der Waals surface area contributed by atoms with Crippen LogP contribution in [0.5, 0.6) is 0 Å². The highest BCUT2D eigenvalue weighted by Gasteiger charge is 2.23. The van der Waals surface area contributed by atoms with Crippen LogP contribution in [0.15, 0.2) is 22.8 Å². The molecule has 2 atom stereocenters. The molecule has 1 fully saturated rings. The summed E-state index contributed by atoms with van der Waals surface area (Å²) in [5.41, 5.74) is 0.877. The molecule has 8 heteroatoms. The number of thioether (sulfide) groups is 1. The molecule has 128 valence electrons. The van der Waals surface area contributed by atoms with E-state index in [0.29, 0.717) is 5.92 Å². The highest BCUT2D eigenvalue weighted by atomic mass is 32.2. The first-order chi connectivity index (χ1) is 11.6. The molecule has 6 nitrogen and oxygen atoms in total. The lowest BCUT2D eigenvalue weighted by atomic mass is 9.86. The van der Waals surface area contributed by atoms with Gasteiger partial charge in [0.15, 0.2) is 0 Å². The van der Waals surface area contributed by atoms with Crippen LogP contribution in [0, 0.1) is 5.92 Å². The number of nitrogens with zero attached hydrogens (tertiary/aromatic N) is 2. The van der Waals surface area contributed by atoms with Crippen molar-refractivity contribution in [3.63, 3.8) is 0 Å². The Kier molecular flexibility index (Phi) is 5.68. The standard InChI is InChI=1S/C16H20N4O2S2/c1-10-4-2-3-5-11(10)19-16(22)20-13(21)8-24-15-14-12(6-7-23-14)17-9-18-15/h6-7,9-11H,2-5,8H2,1H3,(H2,19,20,21,22). The molecule has 0 spiro atoms. The summed E-state index contributed by atoms with van der Waals surface area (Å²) in [6.07, 6.45) is 5.94. The number of thiophene rings is 1. The van der Waals surface area contributed by atoms with Crippen LogP contribution >= 0.6 is 23.1 Å². The topological polar surface area (TPSA) is 84.0 Å². The monoisotopic (exact) mass is 364 g/mol. The predicted octanol–water partition coefficient (Wildman–Crippen LogP) is 3.19. The second kappa shape index (κ2) is 7.94. The highest BCUT2D eigenvalue weighted by molar-refractivity contribution is 8.00. The smallest absolute Gasteiger partial charge is 0.321 e. The first kappa shape index (κ1) is 17.2. The molecule has 2 heterocycles. The molecule has 3 amide bonds. The lowest BCUT2D eigenvalue weighted by Gasteiger charge is -2.29. The number of urea groups is 1. The summed E-state index contributed by atoms with van der Waals surface area (Å²) in [5, 5.41) is 8.05. The zero-order valence-electron chi connectivity index (χ0n) is 13.4. The molecule has 0 saturated heterocycles. The second-order valence-corrected chi connectivity index (χ2v) is 7.87. The van der Waals surface area contributed by atoms with Gasteiger partial charge in [0.25, 0.3) is 0 Å². The van der Waals surface area contributed by atoms with Crippen LogP contribution < -0.4 is 10.6 Å².